The van der Waals surface area contributed by atoms with Crippen LogP contribution in [0.25, 0.3) is 27.7 Å². The van der Waals surface area contributed by atoms with Crippen LogP contribution < -0.4 is 4.90 Å². The number of hydrogen-bond donors (Lipinski definition) is 3. The first kappa shape index (κ1) is 23.7. The summed E-state index contributed by atoms with van der Waals surface area (Å²) in [5.74, 6) is -2.31. The number of aromatic amines is 2. The molecule has 1 aliphatic heterocycles. The number of carbonyl (C=O) groups is 2. The quantitative estimate of drug-likeness (QED) is 0.156. The molecule has 1 amide bonds. The average molecular weight is 509 g/mol. The van der Waals surface area contributed by atoms with Crippen LogP contribution in [0.3, 0.4) is 0 Å². The highest BCUT2D eigenvalue weighted by atomic mass is 19.1. The maximum Gasteiger partial charge on any atom is 0.302 e. The zero-order valence-corrected chi connectivity index (χ0v) is 21.0. The van der Waals surface area contributed by atoms with Gasteiger partial charge in [0.1, 0.15) is 11.6 Å². The number of anilines is 1. The summed E-state index contributed by atoms with van der Waals surface area (Å²) < 4.78 is 13.9. The largest absolute Gasteiger partial charge is 0.507 e. The Morgan fingerprint density at radius 1 is 1.00 bits per heavy atom. The predicted octanol–water partition coefficient (Wildman–Crippen LogP) is 6.11. The molecule has 38 heavy (non-hydrogen) atoms. The zero-order valence-electron chi connectivity index (χ0n) is 21.0. The van der Waals surface area contributed by atoms with Crippen molar-refractivity contribution in [2.45, 2.75) is 32.2 Å². The lowest BCUT2D eigenvalue weighted by Crippen LogP contribution is -2.30. The summed E-state index contributed by atoms with van der Waals surface area (Å²) in [5, 5.41) is 12.3. The van der Waals surface area contributed by atoms with Gasteiger partial charge in [0, 0.05) is 22.7 Å². The molecule has 0 bridgehead atoms. The summed E-state index contributed by atoms with van der Waals surface area (Å²) in [6, 6.07) is 18.1. The van der Waals surface area contributed by atoms with Gasteiger partial charge < -0.3 is 15.1 Å². The molecule has 3 heterocycles. The second-order valence-electron chi connectivity index (χ2n) is 10.5. The molecule has 1 atom stereocenters. The van der Waals surface area contributed by atoms with Gasteiger partial charge in [-0.1, -0.05) is 63.2 Å². The first-order chi connectivity index (χ1) is 18.1. The third-order valence-corrected chi connectivity index (χ3v) is 7.04. The van der Waals surface area contributed by atoms with Crippen molar-refractivity contribution in [3.8, 4) is 0 Å². The number of benzene rings is 3. The molecule has 7 nitrogen and oxygen atoms in total. The van der Waals surface area contributed by atoms with Crippen LogP contribution in [-0.4, -0.2) is 31.7 Å². The molecule has 1 aliphatic rings. The fraction of sp³-hybridized carbons (Fsp3) is 0.167. The maximum absolute atomic E-state index is 13.9. The molecule has 0 spiro atoms. The molecule has 1 fully saturated rings. The van der Waals surface area contributed by atoms with E-state index in [0.29, 0.717) is 22.2 Å². The number of carbonyl (C=O) groups excluding carboxylic acids is 2. The third-order valence-electron chi connectivity index (χ3n) is 7.04. The van der Waals surface area contributed by atoms with Gasteiger partial charge in [0.05, 0.1) is 22.6 Å². The third kappa shape index (κ3) is 3.68. The van der Waals surface area contributed by atoms with E-state index < -0.39 is 23.5 Å². The SMILES string of the molecule is CC(C)(C)c1ccc(C2/C(=C(\O)c3c[nH]c4ccccc34)C(=O)C(=O)N2c2nc3ccc(F)cc3[nH]2)cc1. The van der Waals surface area contributed by atoms with Gasteiger partial charge in [-0.2, -0.15) is 0 Å². The summed E-state index contributed by atoms with van der Waals surface area (Å²) in [4.78, 5) is 38.8. The summed E-state index contributed by atoms with van der Waals surface area (Å²) >= 11 is 0. The van der Waals surface area contributed by atoms with Gasteiger partial charge >= 0.3 is 5.91 Å². The molecule has 3 aromatic carbocycles. The van der Waals surface area contributed by atoms with Gasteiger partial charge in [0.15, 0.2) is 0 Å². The van der Waals surface area contributed by atoms with Crippen LogP contribution >= 0.6 is 0 Å². The molecule has 0 saturated carbocycles. The number of Topliss-reactive ketones (excluding diaryl/α,β-unsaturated/α-hetero) is 1. The number of amides is 1. The van der Waals surface area contributed by atoms with Gasteiger partial charge in [-0.3, -0.25) is 14.5 Å². The number of imidazole rings is 1. The van der Waals surface area contributed by atoms with Gasteiger partial charge in [0.25, 0.3) is 5.78 Å². The van der Waals surface area contributed by atoms with Crippen molar-refractivity contribution in [1.82, 2.24) is 15.0 Å². The Kier molecular flexibility index (Phi) is 5.24. The van der Waals surface area contributed by atoms with Crippen molar-refractivity contribution in [1.29, 1.82) is 0 Å². The van der Waals surface area contributed by atoms with E-state index in [1.165, 1.54) is 23.1 Å². The summed E-state index contributed by atoms with van der Waals surface area (Å²) in [5.41, 5.74) is 3.60. The molecule has 1 unspecified atom stereocenters. The fourth-order valence-electron chi connectivity index (χ4n) is 5.03. The number of nitrogens with zero attached hydrogens (tertiary/aromatic N) is 2. The number of fused-ring (bicyclic) bond motifs is 2. The lowest BCUT2D eigenvalue weighted by atomic mass is 9.85. The lowest BCUT2D eigenvalue weighted by molar-refractivity contribution is -0.132. The average Bonchev–Trinajstić information content (AvgIpc) is 3.57. The summed E-state index contributed by atoms with van der Waals surface area (Å²) in [7, 11) is 0. The predicted molar refractivity (Wildman–Crippen MR) is 144 cm³/mol. The number of aliphatic hydroxyl groups excluding tert-OH is 1. The van der Waals surface area contributed by atoms with Crippen LogP contribution in [-0.2, 0) is 15.0 Å². The number of hydrogen-bond acceptors (Lipinski definition) is 4. The fourth-order valence-corrected chi connectivity index (χ4v) is 5.03. The molecule has 8 heteroatoms. The normalized spacial score (nSPS) is 17.7. The van der Waals surface area contributed by atoms with Crippen LogP contribution in [0.1, 0.15) is 43.5 Å². The van der Waals surface area contributed by atoms with Crippen molar-refractivity contribution in [2.75, 3.05) is 4.90 Å². The molecule has 0 radical (unpaired) electrons. The summed E-state index contributed by atoms with van der Waals surface area (Å²) in [6.07, 6.45) is 1.62. The highest BCUT2D eigenvalue weighted by Crippen LogP contribution is 2.43. The van der Waals surface area contributed by atoms with Crippen LogP contribution in [0.4, 0.5) is 10.3 Å². The van der Waals surface area contributed by atoms with E-state index in [4.69, 9.17) is 0 Å². The number of para-hydroxylation sites is 1. The molecular formula is C30H25FN4O3. The second-order valence-corrected chi connectivity index (χ2v) is 10.5. The smallest absolute Gasteiger partial charge is 0.302 e. The molecule has 1 saturated heterocycles. The Bertz CT molecular complexity index is 1770. The number of halogens is 1. The van der Waals surface area contributed by atoms with Crippen molar-refractivity contribution >= 4 is 45.3 Å². The first-order valence-corrected chi connectivity index (χ1v) is 12.3. The molecule has 2 aromatic heterocycles. The van der Waals surface area contributed by atoms with Gasteiger partial charge in [-0.25, -0.2) is 9.37 Å². The zero-order chi connectivity index (χ0) is 26.8. The monoisotopic (exact) mass is 508 g/mol. The van der Waals surface area contributed by atoms with Crippen molar-refractivity contribution < 1.29 is 19.1 Å². The van der Waals surface area contributed by atoms with Gasteiger partial charge in [-0.15, -0.1) is 0 Å². The summed E-state index contributed by atoms with van der Waals surface area (Å²) in [6.45, 7) is 6.29. The van der Waals surface area contributed by atoms with E-state index in [0.717, 1.165) is 16.5 Å². The minimum absolute atomic E-state index is 0.0464. The minimum Gasteiger partial charge on any atom is -0.507 e. The van der Waals surface area contributed by atoms with Crippen LogP contribution in [0.5, 0.6) is 0 Å². The van der Waals surface area contributed by atoms with Crippen LogP contribution in [0, 0.1) is 5.82 Å². The van der Waals surface area contributed by atoms with Crippen molar-refractivity contribution in [2.24, 2.45) is 0 Å². The lowest BCUT2D eigenvalue weighted by Gasteiger charge is -2.24. The Labute approximate surface area is 217 Å². The van der Waals surface area contributed by atoms with E-state index in [1.807, 2.05) is 48.5 Å². The van der Waals surface area contributed by atoms with Gasteiger partial charge in [-0.05, 0) is 40.8 Å². The van der Waals surface area contributed by atoms with E-state index in [2.05, 4.69) is 35.7 Å². The highest BCUT2D eigenvalue weighted by Gasteiger charge is 2.48. The number of rotatable bonds is 3. The first-order valence-electron chi connectivity index (χ1n) is 12.3. The Morgan fingerprint density at radius 2 is 1.74 bits per heavy atom. The second kappa shape index (κ2) is 8.41. The van der Waals surface area contributed by atoms with E-state index >= 15 is 0 Å². The molecule has 190 valence electrons. The van der Waals surface area contributed by atoms with Gasteiger partial charge in [0.2, 0.25) is 5.95 Å². The number of ketones is 1. The molecule has 3 N–H and O–H groups in total. The molecule has 5 aromatic rings. The van der Waals surface area contributed by atoms with E-state index in [1.54, 1.807) is 6.20 Å². The Morgan fingerprint density at radius 3 is 2.47 bits per heavy atom. The number of aliphatic hydroxyl groups is 1. The molecule has 0 aliphatic carbocycles. The van der Waals surface area contributed by atoms with Crippen molar-refractivity contribution in [3.05, 3.63) is 101 Å². The molecular weight excluding hydrogens is 483 g/mol. The van der Waals surface area contributed by atoms with E-state index in [9.17, 15) is 19.1 Å². The van der Waals surface area contributed by atoms with E-state index in [-0.39, 0.29) is 22.7 Å². The standard InChI is InChI=1S/C30H25FN4O3/c1-30(2,3)17-10-8-16(9-11-17)25-24(26(36)20-15-32-21-7-5-4-6-19(20)21)27(37)28(38)35(25)29-33-22-13-12-18(31)14-23(22)34-29/h4-15,25,32,36H,1-3H3,(H,33,34)/b26-24+. The molecule has 6 rings (SSSR count). The Balaban J connectivity index is 1.57. The minimum atomic E-state index is -0.955. The number of aromatic nitrogens is 3. The highest BCUT2D eigenvalue weighted by molar-refractivity contribution is 6.51. The number of nitrogens with one attached hydrogen (secondary N) is 2. The van der Waals surface area contributed by atoms with Crippen LogP contribution in [0.2, 0.25) is 0 Å². The Hall–Kier alpha value is -4.72. The topological polar surface area (TPSA) is 102 Å². The van der Waals surface area contributed by atoms with Crippen LogP contribution in [0.15, 0.2) is 78.5 Å². The van der Waals surface area contributed by atoms with Crippen molar-refractivity contribution in [3.63, 3.8) is 0 Å². The number of H-pyrrole nitrogens is 2. The maximum atomic E-state index is 13.9.